The molecule has 1 aromatic rings. The minimum absolute atomic E-state index is 0.0637. The topological polar surface area (TPSA) is 203 Å². The van der Waals surface area contributed by atoms with Crippen molar-refractivity contribution in [2.24, 2.45) is 22.5 Å². The third-order valence-electron chi connectivity index (χ3n) is 9.14. The van der Waals surface area contributed by atoms with Gasteiger partial charge in [0.15, 0.2) is 11.4 Å². The number of amides is 2. The summed E-state index contributed by atoms with van der Waals surface area (Å²) in [7, 11) is 6.64. The van der Waals surface area contributed by atoms with Crippen molar-refractivity contribution in [3.8, 4) is 5.75 Å². The Bertz CT molecular complexity index is 1530. The largest absolute Gasteiger partial charge is 0.508 e. The number of nitrogens with two attached hydrogens (primary N) is 1. The predicted molar refractivity (Wildman–Crippen MR) is 161 cm³/mol. The van der Waals surface area contributed by atoms with Crippen LogP contribution in [-0.4, -0.2) is 95.3 Å². The molecule has 0 aromatic heterocycles. The van der Waals surface area contributed by atoms with Gasteiger partial charge in [-0.05, 0) is 44.5 Å². The molecule has 2 amide bonds. The molecule has 240 valence electrons. The summed E-state index contributed by atoms with van der Waals surface area (Å²) < 4.78 is 5.15. The van der Waals surface area contributed by atoms with Gasteiger partial charge in [0.25, 0.3) is 5.91 Å². The number of aliphatic hydroxyl groups is 3. The lowest BCUT2D eigenvalue weighted by Gasteiger charge is -2.59. The van der Waals surface area contributed by atoms with Crippen LogP contribution in [0.25, 0.3) is 5.76 Å². The van der Waals surface area contributed by atoms with E-state index in [9.17, 15) is 39.6 Å². The third-order valence-corrected chi connectivity index (χ3v) is 9.14. The Hall–Kier alpha value is -4.10. The van der Waals surface area contributed by atoms with E-state index in [0.29, 0.717) is 11.3 Å². The monoisotopic (exact) mass is 614 g/mol. The Morgan fingerprint density at radius 1 is 1.14 bits per heavy atom. The smallest absolute Gasteiger partial charge is 0.407 e. The lowest BCUT2D eigenvalue weighted by molar-refractivity contribution is -0.175. The molecule has 1 saturated carbocycles. The molecule has 44 heavy (non-hydrogen) atoms. The van der Waals surface area contributed by atoms with Crippen molar-refractivity contribution < 1.29 is 44.3 Å². The first-order valence-corrected chi connectivity index (χ1v) is 14.4. The van der Waals surface area contributed by atoms with Crippen LogP contribution in [0.2, 0.25) is 0 Å². The number of aliphatic hydroxyl groups excluding tert-OH is 2. The molecule has 0 radical (unpaired) electrons. The number of anilines is 1. The summed E-state index contributed by atoms with van der Waals surface area (Å²) in [6.07, 6.45) is -0.674. The quantitative estimate of drug-likeness (QED) is 0.244. The molecule has 7 N–H and O–H groups in total. The summed E-state index contributed by atoms with van der Waals surface area (Å²) >= 11 is 0. The summed E-state index contributed by atoms with van der Waals surface area (Å²) in [4.78, 5) is 55.8. The predicted octanol–water partition coefficient (Wildman–Crippen LogP) is 1.69. The Balaban J connectivity index is 1.95. The number of primary amides is 1. The van der Waals surface area contributed by atoms with Crippen molar-refractivity contribution in [3.63, 3.8) is 0 Å². The summed E-state index contributed by atoms with van der Waals surface area (Å²) in [5, 5.41) is 49.2. The number of benzene rings is 1. The van der Waals surface area contributed by atoms with Gasteiger partial charge < -0.3 is 41.1 Å². The zero-order chi connectivity index (χ0) is 33.3. The SMILES string of the molecule is CC(C)COC(=O)NCc1cc(N(C)C)c2c(c1O)C(O)=C1C(=O)[C@]3(O)C(O)=C(C(N)=O)C(=O)[C@@H](N(C)C)[C@]3(C)C[C@]1(C)C2. The number of carbonyl (C=O) groups is 4. The standard InChI is InChI=1S/C31H42N4O9/c1-14(2)12-44-28(42)33-11-15-9-17(34(5)6)16-10-29(3)13-30(4)24(35(7)8)23(38)19(27(32)41)25(39)31(30,43)26(40)20(29)22(37)18(16)21(15)36/h9,14,24,36-37,39,43H,10-13H2,1-8H3,(H2,32,41)(H,33,42)/t24-,29+,30+,31-/m1/s1. The van der Waals surface area contributed by atoms with Gasteiger partial charge in [-0.3, -0.25) is 19.3 Å². The number of phenols is 1. The molecule has 0 heterocycles. The number of Topliss-reactive ketones (excluding diaryl/α,β-unsaturated/α-hetero) is 2. The summed E-state index contributed by atoms with van der Waals surface area (Å²) in [5.74, 6) is -5.30. The lowest BCUT2D eigenvalue weighted by atomic mass is 9.46. The third kappa shape index (κ3) is 4.60. The van der Waals surface area contributed by atoms with E-state index >= 15 is 0 Å². The summed E-state index contributed by atoms with van der Waals surface area (Å²) in [5.41, 5.74) is -0.108. The van der Waals surface area contributed by atoms with Crippen LogP contribution in [0, 0.1) is 16.7 Å². The van der Waals surface area contributed by atoms with Crippen molar-refractivity contribution in [1.29, 1.82) is 0 Å². The average Bonchev–Trinajstić information content (AvgIpc) is 2.88. The molecule has 1 aromatic carbocycles. The number of likely N-dealkylation sites (N-methyl/N-ethyl adjacent to an activating group) is 1. The maximum Gasteiger partial charge on any atom is 0.407 e. The number of rotatable bonds is 7. The van der Waals surface area contributed by atoms with Gasteiger partial charge in [-0.15, -0.1) is 0 Å². The number of phenolic OH excluding ortho intramolecular Hbond substituents is 1. The number of hydrogen-bond acceptors (Lipinski definition) is 11. The highest BCUT2D eigenvalue weighted by atomic mass is 16.5. The molecule has 4 rings (SSSR count). The van der Waals surface area contributed by atoms with Gasteiger partial charge in [-0.1, -0.05) is 27.7 Å². The normalized spacial score (nSPS) is 28.1. The Morgan fingerprint density at radius 3 is 2.27 bits per heavy atom. The fourth-order valence-electron chi connectivity index (χ4n) is 7.42. The fourth-order valence-corrected chi connectivity index (χ4v) is 7.42. The molecule has 1 fully saturated rings. The van der Waals surface area contributed by atoms with Gasteiger partial charge in [0.05, 0.1) is 18.2 Å². The van der Waals surface area contributed by atoms with Gasteiger partial charge in [0.2, 0.25) is 5.78 Å². The van der Waals surface area contributed by atoms with Crippen molar-refractivity contribution >= 4 is 35.0 Å². The number of ether oxygens (including phenoxy) is 1. The minimum atomic E-state index is -2.81. The van der Waals surface area contributed by atoms with Crippen LogP contribution in [-0.2, 0) is 32.1 Å². The zero-order valence-corrected chi connectivity index (χ0v) is 26.4. The number of carbonyl (C=O) groups excluding carboxylic acids is 4. The Labute approximate surface area is 256 Å². The number of nitrogens with one attached hydrogen (secondary N) is 1. The zero-order valence-electron chi connectivity index (χ0n) is 26.4. The van der Waals surface area contributed by atoms with Gasteiger partial charge in [0.1, 0.15) is 22.8 Å². The van der Waals surface area contributed by atoms with E-state index in [1.807, 2.05) is 13.8 Å². The van der Waals surface area contributed by atoms with Gasteiger partial charge in [0, 0.05) is 48.3 Å². The van der Waals surface area contributed by atoms with E-state index in [0.717, 1.165) is 0 Å². The highest BCUT2D eigenvalue weighted by Gasteiger charge is 2.72. The van der Waals surface area contributed by atoms with Crippen molar-refractivity contribution in [2.75, 3.05) is 39.7 Å². The highest BCUT2D eigenvalue weighted by molar-refractivity contribution is 6.25. The van der Waals surface area contributed by atoms with Gasteiger partial charge in [-0.25, -0.2) is 4.79 Å². The van der Waals surface area contributed by atoms with Crippen LogP contribution in [0.4, 0.5) is 10.5 Å². The first kappa shape index (κ1) is 32.8. The molecule has 3 aliphatic rings. The van der Waals surface area contributed by atoms with Crippen LogP contribution in [0.5, 0.6) is 5.75 Å². The Kier molecular flexibility index (Phi) is 8.06. The van der Waals surface area contributed by atoms with E-state index < -0.39 is 68.9 Å². The highest BCUT2D eigenvalue weighted by Crippen LogP contribution is 2.63. The molecular formula is C31H42N4O9. The number of aromatic hydroxyl groups is 1. The molecule has 0 unspecified atom stereocenters. The first-order chi connectivity index (χ1) is 20.2. The van der Waals surface area contributed by atoms with Crippen LogP contribution in [0.3, 0.4) is 0 Å². The molecule has 0 spiro atoms. The van der Waals surface area contributed by atoms with Crippen molar-refractivity contribution in [2.45, 2.75) is 58.7 Å². The van der Waals surface area contributed by atoms with Crippen LogP contribution in [0.1, 0.15) is 50.8 Å². The van der Waals surface area contributed by atoms with E-state index in [1.54, 1.807) is 46.1 Å². The number of alkyl carbamates (subject to hydrolysis) is 1. The molecule has 4 atom stereocenters. The fraction of sp³-hybridized carbons (Fsp3) is 0.548. The van der Waals surface area contributed by atoms with Crippen LogP contribution < -0.4 is 16.0 Å². The average molecular weight is 615 g/mol. The summed E-state index contributed by atoms with van der Waals surface area (Å²) in [6, 6.07) is 0.434. The molecule has 0 bridgehead atoms. The second-order valence-electron chi connectivity index (χ2n) is 13.4. The second kappa shape index (κ2) is 10.8. The summed E-state index contributed by atoms with van der Waals surface area (Å²) in [6.45, 7) is 7.01. The Morgan fingerprint density at radius 2 is 1.75 bits per heavy atom. The molecule has 13 nitrogen and oxygen atoms in total. The first-order valence-electron chi connectivity index (χ1n) is 14.4. The molecule has 0 saturated heterocycles. The second-order valence-corrected chi connectivity index (χ2v) is 13.4. The van der Waals surface area contributed by atoms with Gasteiger partial charge >= 0.3 is 6.09 Å². The van der Waals surface area contributed by atoms with Crippen LogP contribution in [0.15, 0.2) is 23.0 Å². The van der Waals surface area contributed by atoms with E-state index in [2.05, 4.69) is 5.32 Å². The maximum atomic E-state index is 14.4. The van der Waals surface area contributed by atoms with Crippen LogP contribution >= 0.6 is 0 Å². The van der Waals surface area contributed by atoms with E-state index in [1.165, 1.54) is 11.8 Å². The molecule has 3 aliphatic carbocycles. The van der Waals surface area contributed by atoms with Crippen molar-refractivity contribution in [3.05, 3.63) is 39.7 Å². The van der Waals surface area contributed by atoms with E-state index in [-0.39, 0.29) is 48.6 Å². The maximum absolute atomic E-state index is 14.4. The van der Waals surface area contributed by atoms with Gasteiger partial charge in [-0.2, -0.15) is 0 Å². The lowest BCUT2D eigenvalue weighted by Crippen LogP contribution is -2.72. The number of nitrogens with zero attached hydrogens (tertiary/aromatic N) is 2. The molecule has 0 aliphatic heterocycles. The minimum Gasteiger partial charge on any atom is -0.508 e. The van der Waals surface area contributed by atoms with E-state index in [4.69, 9.17) is 10.5 Å². The number of fused-ring (bicyclic) bond motifs is 3. The number of hydrogen-bond donors (Lipinski definition) is 6. The van der Waals surface area contributed by atoms with Crippen molar-refractivity contribution in [1.82, 2.24) is 10.2 Å². The number of ketones is 2. The molecule has 13 heteroatoms. The molecular weight excluding hydrogens is 572 g/mol.